The Kier molecular flexibility index (Phi) is 8.21. The highest BCUT2D eigenvalue weighted by atomic mass is 28.2. The Labute approximate surface area is 165 Å². The lowest BCUT2D eigenvalue weighted by molar-refractivity contribution is -0.379. The van der Waals surface area contributed by atoms with Gasteiger partial charge in [-0.2, -0.15) is 0 Å². The van der Waals surface area contributed by atoms with Crippen molar-refractivity contribution in [2.24, 2.45) is 35.5 Å². The number of hydrogen-bond acceptors (Lipinski definition) is 3. The molecule has 2 rings (SSSR count). The van der Waals surface area contributed by atoms with Gasteiger partial charge in [0, 0.05) is 6.92 Å². The van der Waals surface area contributed by atoms with Gasteiger partial charge in [-0.3, -0.25) is 0 Å². The molecule has 0 aromatic carbocycles. The molecule has 0 aromatic rings. The van der Waals surface area contributed by atoms with Crippen molar-refractivity contribution < 1.29 is 13.9 Å². The molecular weight excluding hydrogens is 340 g/mol. The first kappa shape index (κ1) is 22.4. The van der Waals surface area contributed by atoms with E-state index in [1.807, 2.05) is 6.92 Å². The van der Waals surface area contributed by atoms with Crippen molar-refractivity contribution in [2.45, 2.75) is 105 Å². The zero-order chi connectivity index (χ0) is 19.5. The van der Waals surface area contributed by atoms with Crippen molar-refractivity contribution in [1.29, 1.82) is 0 Å². The van der Waals surface area contributed by atoms with E-state index in [-0.39, 0.29) is 12.2 Å². The Hall–Kier alpha value is 0.0969. The van der Waals surface area contributed by atoms with Crippen LogP contribution in [-0.2, 0) is 13.9 Å². The Balaban J connectivity index is 2.10. The second kappa shape index (κ2) is 9.53. The van der Waals surface area contributed by atoms with Gasteiger partial charge in [-0.25, -0.2) is 0 Å². The third-order valence-electron chi connectivity index (χ3n) is 7.02. The van der Waals surface area contributed by atoms with Crippen LogP contribution in [0.5, 0.6) is 0 Å². The minimum Gasteiger partial charge on any atom is -0.380 e. The van der Waals surface area contributed by atoms with Gasteiger partial charge in [-0.1, -0.05) is 54.4 Å². The van der Waals surface area contributed by atoms with Crippen molar-refractivity contribution in [3.63, 3.8) is 0 Å². The normalized spacial score (nSPS) is 38.7. The molecule has 4 heteroatoms. The van der Waals surface area contributed by atoms with E-state index < -0.39 is 5.97 Å². The highest BCUT2D eigenvalue weighted by Gasteiger charge is 2.42. The zero-order valence-corrected chi connectivity index (χ0v) is 20.6. The van der Waals surface area contributed by atoms with Crippen LogP contribution < -0.4 is 0 Å². The van der Waals surface area contributed by atoms with Gasteiger partial charge in [-0.15, -0.1) is 0 Å². The second-order valence-electron chi connectivity index (χ2n) is 10.0. The fourth-order valence-corrected chi connectivity index (χ4v) is 5.37. The van der Waals surface area contributed by atoms with Gasteiger partial charge in [-0.05, 0) is 61.2 Å². The number of rotatable bonds is 7. The molecule has 26 heavy (non-hydrogen) atoms. The van der Waals surface area contributed by atoms with E-state index in [4.69, 9.17) is 13.9 Å². The van der Waals surface area contributed by atoms with Gasteiger partial charge in [0.2, 0.25) is 0 Å². The van der Waals surface area contributed by atoms with Crippen LogP contribution in [0.4, 0.5) is 0 Å². The Bertz CT molecular complexity index is 392. The molecule has 0 amide bonds. The minimum absolute atomic E-state index is 0.246. The van der Waals surface area contributed by atoms with E-state index in [0.717, 1.165) is 24.7 Å². The van der Waals surface area contributed by atoms with Crippen LogP contribution in [0.1, 0.15) is 87.0 Å². The highest BCUT2D eigenvalue weighted by Crippen LogP contribution is 2.41. The molecule has 3 nitrogen and oxygen atoms in total. The highest BCUT2D eigenvalue weighted by molar-refractivity contribution is 5.98. The molecule has 0 bridgehead atoms. The van der Waals surface area contributed by atoms with Crippen LogP contribution in [0.25, 0.3) is 0 Å². The van der Waals surface area contributed by atoms with Crippen LogP contribution in [0.3, 0.4) is 0 Å². The van der Waals surface area contributed by atoms with Crippen molar-refractivity contribution in [3.8, 4) is 0 Å². The maximum atomic E-state index is 6.63. The predicted octanol–water partition coefficient (Wildman–Crippen LogP) is 4.91. The van der Waals surface area contributed by atoms with E-state index >= 15 is 0 Å². The summed E-state index contributed by atoms with van der Waals surface area (Å²) in [6, 6.07) is 0. The van der Waals surface area contributed by atoms with Crippen molar-refractivity contribution in [3.05, 3.63) is 0 Å². The van der Waals surface area contributed by atoms with Gasteiger partial charge >= 0.3 is 0 Å². The molecule has 6 unspecified atom stereocenters. The van der Waals surface area contributed by atoms with Crippen LogP contribution in [0, 0.1) is 35.5 Å². The van der Waals surface area contributed by atoms with Crippen LogP contribution >= 0.6 is 0 Å². The molecule has 2 aliphatic rings. The van der Waals surface area contributed by atoms with E-state index in [1.165, 1.54) is 25.7 Å². The first-order valence-electron chi connectivity index (χ1n) is 11.1. The lowest BCUT2D eigenvalue weighted by Crippen LogP contribution is -2.49. The first-order chi connectivity index (χ1) is 12.1. The summed E-state index contributed by atoms with van der Waals surface area (Å²) in [7, 11) is 0.625. The average molecular weight is 385 g/mol. The molecule has 0 radical (unpaired) electrons. The van der Waals surface area contributed by atoms with Crippen LogP contribution in [-0.4, -0.2) is 28.7 Å². The topological polar surface area (TPSA) is 27.7 Å². The molecule has 2 aliphatic carbocycles. The maximum absolute atomic E-state index is 6.63. The Morgan fingerprint density at radius 1 is 0.769 bits per heavy atom. The van der Waals surface area contributed by atoms with Crippen LogP contribution in [0.15, 0.2) is 0 Å². The first-order valence-corrected chi connectivity index (χ1v) is 11.9. The summed E-state index contributed by atoms with van der Waals surface area (Å²) < 4.78 is 19.2. The lowest BCUT2D eigenvalue weighted by Gasteiger charge is -2.45. The molecule has 6 atom stereocenters. The average Bonchev–Trinajstić information content (AvgIpc) is 2.54. The van der Waals surface area contributed by atoms with Crippen molar-refractivity contribution >= 4 is 10.5 Å². The molecule has 0 spiro atoms. The molecule has 0 aliphatic heterocycles. The zero-order valence-electron chi connectivity index (χ0n) is 18.6. The summed E-state index contributed by atoms with van der Waals surface area (Å²) >= 11 is 0. The van der Waals surface area contributed by atoms with Gasteiger partial charge in [0.25, 0.3) is 5.97 Å². The monoisotopic (exact) mass is 384 g/mol. The van der Waals surface area contributed by atoms with E-state index in [1.54, 1.807) is 0 Å². The van der Waals surface area contributed by atoms with E-state index in [9.17, 15) is 0 Å². The fraction of sp³-hybridized carbons (Fsp3) is 1.00. The van der Waals surface area contributed by atoms with Gasteiger partial charge in [0.05, 0.1) is 12.2 Å². The van der Waals surface area contributed by atoms with E-state index in [0.29, 0.717) is 34.2 Å². The summed E-state index contributed by atoms with van der Waals surface area (Å²) in [4.78, 5) is 0. The molecule has 0 heterocycles. The molecule has 2 saturated carbocycles. The van der Waals surface area contributed by atoms with Gasteiger partial charge in [0.15, 0.2) is 10.5 Å². The Morgan fingerprint density at radius 3 is 1.46 bits per heavy atom. The largest absolute Gasteiger partial charge is 0.380 e. The quantitative estimate of drug-likeness (QED) is 0.461. The maximum Gasteiger partial charge on any atom is 0.270 e. The molecule has 0 saturated heterocycles. The smallest absolute Gasteiger partial charge is 0.270 e. The molecule has 154 valence electrons. The summed E-state index contributed by atoms with van der Waals surface area (Å²) in [6.07, 6.45) is 7.90. The number of ether oxygens (including phenoxy) is 2. The summed E-state index contributed by atoms with van der Waals surface area (Å²) in [5.74, 6) is 3.08. The van der Waals surface area contributed by atoms with Crippen molar-refractivity contribution in [2.75, 3.05) is 0 Å². The standard InChI is InChI=1S/C22H44O3Si/c1-14(2)18-10-8-16(5)12-20(18)23-22(7,25-26)24-21-13-17(6)9-11-19(21)15(3)4/h14-21H,8-13H2,1-7,26H3. The molecule has 0 N–H and O–H groups in total. The van der Waals surface area contributed by atoms with Crippen LogP contribution in [0.2, 0.25) is 0 Å². The molecule has 0 aromatic heterocycles. The SMILES string of the molecule is CC1CCC(C(C)C)C(OC(C)(O[SiH3])OC2CC(C)CCC2C(C)C)C1. The number of hydrogen-bond donors (Lipinski definition) is 0. The molecule has 2 fully saturated rings. The predicted molar refractivity (Wildman–Crippen MR) is 112 cm³/mol. The summed E-state index contributed by atoms with van der Waals surface area (Å²) in [5, 5.41) is 0. The minimum atomic E-state index is -0.879. The third kappa shape index (κ3) is 5.80. The molecular formula is C22H44O3Si. The summed E-state index contributed by atoms with van der Waals surface area (Å²) in [6.45, 7) is 16.0. The Morgan fingerprint density at radius 2 is 1.15 bits per heavy atom. The lowest BCUT2D eigenvalue weighted by atomic mass is 9.75. The van der Waals surface area contributed by atoms with Gasteiger partial charge < -0.3 is 13.9 Å². The van der Waals surface area contributed by atoms with Gasteiger partial charge in [0.1, 0.15) is 0 Å². The summed E-state index contributed by atoms with van der Waals surface area (Å²) in [5.41, 5.74) is 0. The fourth-order valence-electron chi connectivity index (χ4n) is 5.17. The van der Waals surface area contributed by atoms with E-state index in [2.05, 4.69) is 41.5 Å². The third-order valence-corrected chi connectivity index (χ3v) is 7.77. The second-order valence-corrected chi connectivity index (χ2v) is 10.4. The van der Waals surface area contributed by atoms with Crippen molar-refractivity contribution in [1.82, 2.24) is 0 Å².